The Balaban J connectivity index is 1.69. The molecule has 4 N–H and O–H groups in total. The van der Waals surface area contributed by atoms with Crippen LogP contribution in [-0.4, -0.2) is 23.9 Å². The van der Waals surface area contributed by atoms with Crippen LogP contribution in [0.15, 0.2) is 41.8 Å². The van der Waals surface area contributed by atoms with Gasteiger partial charge in [0.15, 0.2) is 0 Å². The van der Waals surface area contributed by atoms with E-state index in [1.165, 1.54) is 11.3 Å². The van der Waals surface area contributed by atoms with Gasteiger partial charge in [0.1, 0.15) is 0 Å². The average Bonchev–Trinajstić information content (AvgIpc) is 3.12. The lowest BCUT2D eigenvalue weighted by Crippen LogP contribution is -2.40. The van der Waals surface area contributed by atoms with Gasteiger partial charge in [-0.25, -0.2) is 0 Å². The molecule has 0 radical (unpaired) electrons. The number of nitrogens with two attached hydrogens (primary N) is 1. The first-order valence-corrected chi connectivity index (χ1v) is 9.02. The summed E-state index contributed by atoms with van der Waals surface area (Å²) in [4.78, 5) is 25.4. The molecule has 5 nitrogen and oxygen atoms in total. The van der Waals surface area contributed by atoms with E-state index < -0.39 is 0 Å². The number of amides is 2. The van der Waals surface area contributed by atoms with Crippen LogP contribution in [0.3, 0.4) is 0 Å². The SMILES string of the molecule is NC1CCC(NC(=O)c2ccccc2NC(=O)c2cccs2)CC1. The molecule has 126 valence electrons. The first kappa shape index (κ1) is 16.7. The number of thiophene rings is 1. The molecule has 0 aliphatic heterocycles. The van der Waals surface area contributed by atoms with Gasteiger partial charge in [-0.05, 0) is 49.3 Å². The van der Waals surface area contributed by atoms with Crippen molar-refractivity contribution in [1.82, 2.24) is 5.32 Å². The maximum atomic E-state index is 12.6. The van der Waals surface area contributed by atoms with E-state index in [-0.39, 0.29) is 23.9 Å². The van der Waals surface area contributed by atoms with Crippen molar-refractivity contribution in [3.8, 4) is 0 Å². The molecular formula is C18H21N3O2S. The summed E-state index contributed by atoms with van der Waals surface area (Å²) in [5.41, 5.74) is 6.92. The summed E-state index contributed by atoms with van der Waals surface area (Å²) in [6, 6.07) is 11.1. The van der Waals surface area contributed by atoms with Gasteiger partial charge >= 0.3 is 0 Å². The highest BCUT2D eigenvalue weighted by Crippen LogP contribution is 2.21. The number of hydrogen-bond donors (Lipinski definition) is 3. The van der Waals surface area contributed by atoms with Crippen molar-refractivity contribution in [1.29, 1.82) is 0 Å². The molecule has 1 saturated carbocycles. The van der Waals surface area contributed by atoms with E-state index in [2.05, 4.69) is 10.6 Å². The lowest BCUT2D eigenvalue weighted by Gasteiger charge is -2.27. The largest absolute Gasteiger partial charge is 0.349 e. The molecule has 1 aliphatic carbocycles. The van der Waals surface area contributed by atoms with E-state index in [4.69, 9.17) is 5.73 Å². The van der Waals surface area contributed by atoms with Gasteiger partial charge in [0.25, 0.3) is 11.8 Å². The molecule has 2 aromatic rings. The third-order valence-corrected chi connectivity index (χ3v) is 5.14. The maximum absolute atomic E-state index is 12.6. The van der Waals surface area contributed by atoms with Gasteiger partial charge in [-0.15, -0.1) is 11.3 Å². The Labute approximate surface area is 145 Å². The van der Waals surface area contributed by atoms with Crippen LogP contribution in [0, 0.1) is 0 Å². The first-order chi connectivity index (χ1) is 11.6. The van der Waals surface area contributed by atoms with E-state index >= 15 is 0 Å². The van der Waals surface area contributed by atoms with E-state index in [1.54, 1.807) is 30.3 Å². The molecule has 1 aliphatic rings. The third kappa shape index (κ3) is 4.01. The zero-order valence-corrected chi connectivity index (χ0v) is 14.1. The zero-order chi connectivity index (χ0) is 16.9. The fourth-order valence-corrected chi connectivity index (χ4v) is 3.53. The van der Waals surface area contributed by atoms with Crippen molar-refractivity contribution < 1.29 is 9.59 Å². The lowest BCUT2D eigenvalue weighted by molar-refractivity contribution is 0.0927. The Morgan fingerprint density at radius 1 is 1.00 bits per heavy atom. The summed E-state index contributed by atoms with van der Waals surface area (Å²) in [7, 11) is 0. The van der Waals surface area contributed by atoms with Crippen molar-refractivity contribution >= 4 is 28.8 Å². The lowest BCUT2D eigenvalue weighted by atomic mass is 9.91. The maximum Gasteiger partial charge on any atom is 0.265 e. The molecule has 1 heterocycles. The number of carbonyl (C=O) groups is 2. The predicted molar refractivity (Wildman–Crippen MR) is 96.4 cm³/mol. The molecule has 0 unspecified atom stereocenters. The summed E-state index contributed by atoms with van der Waals surface area (Å²) in [6.45, 7) is 0. The molecule has 0 bridgehead atoms. The second-order valence-corrected chi connectivity index (χ2v) is 7.01. The monoisotopic (exact) mass is 343 g/mol. The quantitative estimate of drug-likeness (QED) is 0.798. The number of nitrogens with one attached hydrogen (secondary N) is 2. The second-order valence-electron chi connectivity index (χ2n) is 6.06. The highest BCUT2D eigenvalue weighted by molar-refractivity contribution is 7.12. The highest BCUT2D eigenvalue weighted by atomic mass is 32.1. The van der Waals surface area contributed by atoms with Crippen LogP contribution < -0.4 is 16.4 Å². The number of hydrogen-bond acceptors (Lipinski definition) is 4. The number of anilines is 1. The molecule has 1 aromatic heterocycles. The molecule has 3 rings (SSSR count). The highest BCUT2D eigenvalue weighted by Gasteiger charge is 2.22. The first-order valence-electron chi connectivity index (χ1n) is 8.14. The smallest absolute Gasteiger partial charge is 0.265 e. The molecule has 0 atom stereocenters. The summed E-state index contributed by atoms with van der Waals surface area (Å²) in [6.07, 6.45) is 3.66. The Morgan fingerprint density at radius 3 is 2.46 bits per heavy atom. The van der Waals surface area contributed by atoms with Crippen LogP contribution in [0.4, 0.5) is 5.69 Å². The fourth-order valence-electron chi connectivity index (χ4n) is 2.91. The molecule has 1 aromatic carbocycles. The van der Waals surface area contributed by atoms with Crippen LogP contribution >= 0.6 is 11.3 Å². The minimum absolute atomic E-state index is 0.151. The Morgan fingerprint density at radius 2 is 1.75 bits per heavy atom. The van der Waals surface area contributed by atoms with Crippen molar-refractivity contribution in [3.63, 3.8) is 0 Å². The van der Waals surface area contributed by atoms with Crippen LogP contribution in [0.5, 0.6) is 0 Å². The topological polar surface area (TPSA) is 84.2 Å². The summed E-state index contributed by atoms with van der Waals surface area (Å²) in [5, 5.41) is 7.74. The number of carbonyl (C=O) groups excluding carboxylic acids is 2. The summed E-state index contributed by atoms with van der Waals surface area (Å²) in [5.74, 6) is -0.355. The van der Waals surface area contributed by atoms with Crippen molar-refractivity contribution in [2.45, 2.75) is 37.8 Å². The molecule has 0 saturated heterocycles. The van der Waals surface area contributed by atoms with E-state index in [0.29, 0.717) is 16.1 Å². The van der Waals surface area contributed by atoms with Gasteiger partial charge in [-0.3, -0.25) is 9.59 Å². The van der Waals surface area contributed by atoms with Crippen LogP contribution in [0.1, 0.15) is 45.7 Å². The van der Waals surface area contributed by atoms with Crippen molar-refractivity contribution in [3.05, 3.63) is 52.2 Å². The van der Waals surface area contributed by atoms with Crippen LogP contribution in [0.25, 0.3) is 0 Å². The van der Waals surface area contributed by atoms with Gasteiger partial charge in [0.2, 0.25) is 0 Å². The van der Waals surface area contributed by atoms with Crippen LogP contribution in [0.2, 0.25) is 0 Å². The standard InChI is InChI=1S/C18H21N3O2S/c19-12-7-9-13(10-8-12)20-17(22)14-4-1-2-5-15(14)21-18(23)16-6-3-11-24-16/h1-6,11-13H,7-10,19H2,(H,20,22)(H,21,23). The molecular weight excluding hydrogens is 322 g/mol. The molecule has 2 amide bonds. The minimum Gasteiger partial charge on any atom is -0.349 e. The Bertz CT molecular complexity index is 707. The van der Waals surface area contributed by atoms with Gasteiger partial charge in [-0.2, -0.15) is 0 Å². The average molecular weight is 343 g/mol. The predicted octanol–water partition coefficient (Wildman–Crippen LogP) is 3.00. The van der Waals surface area contributed by atoms with Crippen molar-refractivity contribution in [2.24, 2.45) is 5.73 Å². The summed E-state index contributed by atoms with van der Waals surface area (Å²) >= 11 is 1.37. The fraction of sp³-hybridized carbons (Fsp3) is 0.333. The van der Waals surface area contributed by atoms with Gasteiger partial charge in [0, 0.05) is 12.1 Å². The molecule has 0 spiro atoms. The van der Waals surface area contributed by atoms with E-state index in [9.17, 15) is 9.59 Å². The van der Waals surface area contributed by atoms with Gasteiger partial charge in [0.05, 0.1) is 16.1 Å². The normalized spacial score (nSPS) is 20.4. The number of benzene rings is 1. The third-order valence-electron chi connectivity index (χ3n) is 4.27. The zero-order valence-electron chi connectivity index (χ0n) is 13.3. The van der Waals surface area contributed by atoms with Crippen LogP contribution in [-0.2, 0) is 0 Å². The van der Waals surface area contributed by atoms with Gasteiger partial charge < -0.3 is 16.4 Å². The molecule has 24 heavy (non-hydrogen) atoms. The Hall–Kier alpha value is -2.18. The summed E-state index contributed by atoms with van der Waals surface area (Å²) < 4.78 is 0. The minimum atomic E-state index is -0.200. The van der Waals surface area contributed by atoms with E-state index in [0.717, 1.165) is 25.7 Å². The van der Waals surface area contributed by atoms with Crippen molar-refractivity contribution in [2.75, 3.05) is 5.32 Å². The number of rotatable bonds is 4. The second kappa shape index (κ2) is 7.59. The molecule has 1 fully saturated rings. The Kier molecular flexibility index (Phi) is 5.27. The molecule has 6 heteroatoms. The van der Waals surface area contributed by atoms with Gasteiger partial charge in [-0.1, -0.05) is 18.2 Å². The van der Waals surface area contributed by atoms with E-state index in [1.807, 2.05) is 11.4 Å². The number of para-hydroxylation sites is 1.